The van der Waals surface area contributed by atoms with Crippen LogP contribution >= 0.6 is 0 Å². The first-order valence-corrected chi connectivity index (χ1v) is 7.55. The zero-order valence-electron chi connectivity index (χ0n) is 11.1. The standard InChI is InChI=1S/C11H19N5O2S/c1-15(2)19(17,18)14-10-3-4-11(13-9-10)16-7-5-12-6-8-16/h3-4,9,12,14H,5-8H2,1-2H3. The van der Waals surface area contributed by atoms with Gasteiger partial charge in [0.15, 0.2) is 0 Å². The van der Waals surface area contributed by atoms with Crippen molar-refractivity contribution in [2.75, 3.05) is 49.9 Å². The predicted molar refractivity (Wildman–Crippen MR) is 75.5 cm³/mol. The third-order valence-electron chi connectivity index (χ3n) is 2.92. The van der Waals surface area contributed by atoms with Crippen molar-refractivity contribution in [3.05, 3.63) is 18.3 Å². The fourth-order valence-corrected chi connectivity index (χ4v) is 2.37. The summed E-state index contributed by atoms with van der Waals surface area (Å²) in [6.45, 7) is 3.71. The minimum atomic E-state index is -3.47. The van der Waals surface area contributed by atoms with Crippen LogP contribution in [0.4, 0.5) is 11.5 Å². The van der Waals surface area contributed by atoms with Gasteiger partial charge in [-0.15, -0.1) is 0 Å². The quantitative estimate of drug-likeness (QED) is 0.795. The first-order chi connectivity index (χ1) is 8.99. The largest absolute Gasteiger partial charge is 0.354 e. The minimum Gasteiger partial charge on any atom is -0.354 e. The van der Waals surface area contributed by atoms with E-state index in [0.717, 1.165) is 36.3 Å². The number of piperazine rings is 1. The molecule has 0 unspecified atom stereocenters. The zero-order chi connectivity index (χ0) is 13.9. The molecule has 0 bridgehead atoms. The summed E-state index contributed by atoms with van der Waals surface area (Å²) in [5, 5.41) is 3.27. The van der Waals surface area contributed by atoms with E-state index >= 15 is 0 Å². The van der Waals surface area contributed by atoms with E-state index in [0.29, 0.717) is 5.69 Å². The van der Waals surface area contributed by atoms with Crippen LogP contribution in [0.1, 0.15) is 0 Å². The van der Waals surface area contributed by atoms with Crippen molar-refractivity contribution in [3.63, 3.8) is 0 Å². The van der Waals surface area contributed by atoms with Gasteiger partial charge in [0.25, 0.3) is 0 Å². The highest BCUT2D eigenvalue weighted by atomic mass is 32.2. The molecule has 1 aromatic rings. The maximum absolute atomic E-state index is 11.7. The second-order valence-corrected chi connectivity index (χ2v) is 6.42. The second-order valence-electron chi connectivity index (χ2n) is 4.53. The molecular weight excluding hydrogens is 266 g/mol. The van der Waals surface area contributed by atoms with Gasteiger partial charge in [0.1, 0.15) is 5.82 Å². The molecule has 2 N–H and O–H groups in total. The number of hydrogen-bond donors (Lipinski definition) is 2. The summed E-state index contributed by atoms with van der Waals surface area (Å²) < 4.78 is 26.9. The van der Waals surface area contributed by atoms with E-state index in [1.807, 2.05) is 6.07 Å². The average molecular weight is 285 g/mol. The second kappa shape index (κ2) is 5.72. The van der Waals surface area contributed by atoms with Crippen molar-refractivity contribution in [3.8, 4) is 0 Å². The fourth-order valence-electron chi connectivity index (χ4n) is 1.77. The topological polar surface area (TPSA) is 77.6 Å². The molecule has 8 heteroatoms. The van der Waals surface area contributed by atoms with Crippen LogP contribution in [-0.2, 0) is 10.2 Å². The van der Waals surface area contributed by atoms with Gasteiger partial charge < -0.3 is 10.2 Å². The number of nitrogens with one attached hydrogen (secondary N) is 2. The van der Waals surface area contributed by atoms with Crippen molar-refractivity contribution in [2.24, 2.45) is 0 Å². The minimum absolute atomic E-state index is 0.465. The van der Waals surface area contributed by atoms with Crippen LogP contribution in [0.5, 0.6) is 0 Å². The van der Waals surface area contributed by atoms with Crippen molar-refractivity contribution < 1.29 is 8.42 Å². The summed E-state index contributed by atoms with van der Waals surface area (Å²) in [6.07, 6.45) is 1.54. The third kappa shape index (κ3) is 3.55. The van der Waals surface area contributed by atoms with E-state index < -0.39 is 10.2 Å². The summed E-state index contributed by atoms with van der Waals surface area (Å²) >= 11 is 0. The van der Waals surface area contributed by atoms with Gasteiger partial charge >= 0.3 is 10.2 Å². The van der Waals surface area contributed by atoms with Crippen LogP contribution in [-0.4, -0.2) is 58.0 Å². The number of rotatable bonds is 4. The Morgan fingerprint density at radius 3 is 2.53 bits per heavy atom. The first-order valence-electron chi connectivity index (χ1n) is 6.11. The van der Waals surface area contributed by atoms with Gasteiger partial charge in [-0.2, -0.15) is 12.7 Å². The van der Waals surface area contributed by atoms with E-state index in [4.69, 9.17) is 0 Å². The Hall–Kier alpha value is -1.38. The Morgan fingerprint density at radius 1 is 1.32 bits per heavy atom. The average Bonchev–Trinajstić information content (AvgIpc) is 2.40. The normalized spacial score (nSPS) is 16.7. The first kappa shape index (κ1) is 14.0. The lowest BCUT2D eigenvalue weighted by Gasteiger charge is -2.28. The number of aromatic nitrogens is 1. The van der Waals surface area contributed by atoms with Gasteiger partial charge in [0.05, 0.1) is 11.9 Å². The fraction of sp³-hybridized carbons (Fsp3) is 0.545. The van der Waals surface area contributed by atoms with Gasteiger partial charge in [-0.05, 0) is 12.1 Å². The molecule has 0 radical (unpaired) electrons. The summed E-state index contributed by atoms with van der Waals surface area (Å²) in [7, 11) is -0.515. The molecule has 1 aromatic heterocycles. The molecule has 2 heterocycles. The maximum atomic E-state index is 11.7. The molecule has 106 valence electrons. The SMILES string of the molecule is CN(C)S(=O)(=O)Nc1ccc(N2CCNCC2)nc1. The van der Waals surface area contributed by atoms with E-state index in [-0.39, 0.29) is 0 Å². The number of hydrogen-bond acceptors (Lipinski definition) is 5. The Morgan fingerprint density at radius 2 is 2.00 bits per heavy atom. The van der Waals surface area contributed by atoms with Gasteiger partial charge in [-0.25, -0.2) is 4.98 Å². The lowest BCUT2D eigenvalue weighted by atomic mass is 10.3. The molecule has 0 aromatic carbocycles. The van der Waals surface area contributed by atoms with Crippen LogP contribution in [0.25, 0.3) is 0 Å². The molecule has 1 aliphatic heterocycles. The molecule has 19 heavy (non-hydrogen) atoms. The molecule has 2 rings (SSSR count). The van der Waals surface area contributed by atoms with Crippen molar-refractivity contribution in [1.82, 2.24) is 14.6 Å². The Kier molecular flexibility index (Phi) is 4.23. The van der Waals surface area contributed by atoms with Crippen molar-refractivity contribution in [1.29, 1.82) is 0 Å². The van der Waals surface area contributed by atoms with Gasteiger partial charge in [0, 0.05) is 40.3 Å². The molecule has 0 atom stereocenters. The molecular formula is C11H19N5O2S. The lowest BCUT2D eigenvalue weighted by Crippen LogP contribution is -2.43. The van der Waals surface area contributed by atoms with E-state index in [1.54, 1.807) is 12.3 Å². The molecule has 0 spiro atoms. The maximum Gasteiger partial charge on any atom is 0.301 e. The van der Waals surface area contributed by atoms with E-state index in [1.165, 1.54) is 14.1 Å². The van der Waals surface area contributed by atoms with Crippen LogP contribution < -0.4 is 14.9 Å². The third-order valence-corrected chi connectivity index (χ3v) is 4.37. The Bertz CT molecular complexity index is 508. The van der Waals surface area contributed by atoms with Crippen LogP contribution in [0.3, 0.4) is 0 Å². The highest BCUT2D eigenvalue weighted by Gasteiger charge is 2.14. The Balaban J connectivity index is 2.06. The van der Waals surface area contributed by atoms with Crippen LogP contribution in [0.2, 0.25) is 0 Å². The summed E-state index contributed by atoms with van der Waals surface area (Å²) in [5.41, 5.74) is 0.465. The van der Waals surface area contributed by atoms with Crippen molar-refractivity contribution in [2.45, 2.75) is 0 Å². The summed E-state index contributed by atoms with van der Waals surface area (Å²) in [6, 6.07) is 3.56. The number of anilines is 2. The molecule has 0 amide bonds. The van der Waals surface area contributed by atoms with Gasteiger partial charge in [-0.1, -0.05) is 0 Å². The number of nitrogens with zero attached hydrogens (tertiary/aromatic N) is 3. The smallest absolute Gasteiger partial charge is 0.301 e. The zero-order valence-corrected chi connectivity index (χ0v) is 11.9. The molecule has 7 nitrogen and oxygen atoms in total. The van der Waals surface area contributed by atoms with Crippen LogP contribution in [0.15, 0.2) is 18.3 Å². The molecule has 1 fully saturated rings. The summed E-state index contributed by atoms with van der Waals surface area (Å²) in [5.74, 6) is 0.870. The predicted octanol–water partition coefficient (Wildman–Crippen LogP) is -0.290. The van der Waals surface area contributed by atoms with E-state index in [2.05, 4.69) is 19.9 Å². The monoisotopic (exact) mass is 285 g/mol. The van der Waals surface area contributed by atoms with Crippen molar-refractivity contribution >= 4 is 21.7 Å². The summed E-state index contributed by atoms with van der Waals surface area (Å²) in [4.78, 5) is 6.47. The number of pyridine rings is 1. The molecule has 1 saturated heterocycles. The Labute approximate surface area is 113 Å². The molecule has 1 aliphatic rings. The molecule has 0 saturated carbocycles. The molecule has 0 aliphatic carbocycles. The highest BCUT2D eigenvalue weighted by Crippen LogP contribution is 2.15. The van der Waals surface area contributed by atoms with Crippen LogP contribution in [0, 0.1) is 0 Å². The van der Waals surface area contributed by atoms with Gasteiger partial charge in [0.2, 0.25) is 0 Å². The highest BCUT2D eigenvalue weighted by molar-refractivity contribution is 7.90. The van der Waals surface area contributed by atoms with Gasteiger partial charge in [-0.3, -0.25) is 4.72 Å². The van der Waals surface area contributed by atoms with E-state index in [9.17, 15) is 8.42 Å². The lowest BCUT2D eigenvalue weighted by molar-refractivity contribution is 0.527.